The number of fused-ring (bicyclic) bond motifs is 5. The van der Waals surface area contributed by atoms with Gasteiger partial charge in [-0.1, -0.05) is 59.1 Å². The van der Waals surface area contributed by atoms with E-state index in [0.29, 0.717) is 16.9 Å². The van der Waals surface area contributed by atoms with Crippen molar-refractivity contribution in [3.05, 3.63) is 11.6 Å². The third kappa shape index (κ3) is 3.32. The summed E-state index contributed by atoms with van der Waals surface area (Å²) in [6.45, 7) is 12.7. The van der Waals surface area contributed by atoms with Crippen LogP contribution in [0.3, 0.4) is 0 Å². The molecule has 1 nitrogen and oxygen atoms in total. The number of ether oxygens (including phenoxy) is 1. The highest BCUT2D eigenvalue weighted by Gasteiger charge is 2.59. The second kappa shape index (κ2) is 7.75. The van der Waals surface area contributed by atoms with Crippen LogP contribution in [0.1, 0.15) is 98.8 Å². The molecule has 0 aromatic rings. The van der Waals surface area contributed by atoms with Gasteiger partial charge in [0.15, 0.2) is 0 Å². The van der Waals surface area contributed by atoms with E-state index in [2.05, 4.69) is 40.7 Å². The summed E-state index contributed by atoms with van der Waals surface area (Å²) in [6.07, 6.45) is 17.2. The van der Waals surface area contributed by atoms with Crippen LogP contribution < -0.4 is 0 Å². The molecule has 4 aliphatic carbocycles. The lowest BCUT2D eigenvalue weighted by molar-refractivity contribution is -0.0602. The minimum atomic E-state index is 0.473. The van der Waals surface area contributed by atoms with Crippen LogP contribution in [0.5, 0.6) is 0 Å². The molecule has 8 atom stereocenters. The van der Waals surface area contributed by atoms with Crippen molar-refractivity contribution >= 4 is 0 Å². The van der Waals surface area contributed by atoms with Gasteiger partial charge in [-0.2, -0.15) is 0 Å². The largest absolute Gasteiger partial charge is 0.381 e. The van der Waals surface area contributed by atoms with Crippen molar-refractivity contribution in [3.63, 3.8) is 0 Å². The smallest absolute Gasteiger partial charge is 0.0608 e. The third-order valence-electron chi connectivity index (χ3n) is 10.4. The number of hydrogen-bond acceptors (Lipinski definition) is 1. The SMILES string of the molecule is COC1CCC2(C)C(=CCC3C2CCC2(C)C(C(C)CCC(C)C)CCC32)C1. The van der Waals surface area contributed by atoms with Gasteiger partial charge in [0, 0.05) is 7.11 Å². The minimum Gasteiger partial charge on any atom is -0.381 e. The maximum Gasteiger partial charge on any atom is 0.0608 e. The van der Waals surface area contributed by atoms with E-state index in [1.54, 1.807) is 5.57 Å². The van der Waals surface area contributed by atoms with Crippen LogP contribution in [0.4, 0.5) is 0 Å². The number of allylic oxidation sites excluding steroid dienone is 1. The third-order valence-corrected chi connectivity index (χ3v) is 10.4. The molecule has 3 fully saturated rings. The maximum atomic E-state index is 5.75. The molecule has 0 aliphatic heterocycles. The van der Waals surface area contributed by atoms with Crippen molar-refractivity contribution in [1.82, 2.24) is 0 Å². The van der Waals surface area contributed by atoms with Gasteiger partial charge in [-0.25, -0.2) is 0 Å². The van der Waals surface area contributed by atoms with Crippen molar-refractivity contribution in [2.75, 3.05) is 7.11 Å². The molecule has 0 saturated heterocycles. The predicted octanol–water partition coefficient (Wildman–Crippen LogP) is 7.65. The standard InChI is InChI=1S/C27H46O/c1-18(2)7-8-19(3)23-11-12-24-22-10-9-20-17-21(28-6)13-15-26(20,4)25(22)14-16-27(23,24)5/h9,18-19,21-25H,7-8,10-17H2,1-6H3. The van der Waals surface area contributed by atoms with Crippen LogP contribution in [0.2, 0.25) is 0 Å². The summed E-state index contributed by atoms with van der Waals surface area (Å²) in [7, 11) is 1.91. The summed E-state index contributed by atoms with van der Waals surface area (Å²) in [4.78, 5) is 0. The number of methoxy groups -OCH3 is 1. The van der Waals surface area contributed by atoms with Crippen molar-refractivity contribution in [2.24, 2.45) is 46.3 Å². The van der Waals surface area contributed by atoms with Gasteiger partial charge >= 0.3 is 0 Å². The maximum absolute atomic E-state index is 5.75. The Hall–Kier alpha value is -0.300. The molecule has 28 heavy (non-hydrogen) atoms. The predicted molar refractivity (Wildman–Crippen MR) is 119 cm³/mol. The summed E-state index contributed by atoms with van der Waals surface area (Å²) in [5.74, 6) is 5.61. The second-order valence-electron chi connectivity index (χ2n) is 12.0. The summed E-state index contributed by atoms with van der Waals surface area (Å²) >= 11 is 0. The van der Waals surface area contributed by atoms with Crippen molar-refractivity contribution in [2.45, 2.75) is 105 Å². The molecule has 160 valence electrons. The van der Waals surface area contributed by atoms with E-state index < -0.39 is 0 Å². The van der Waals surface area contributed by atoms with E-state index in [4.69, 9.17) is 4.74 Å². The first-order chi connectivity index (χ1) is 13.3. The van der Waals surface area contributed by atoms with Gasteiger partial charge in [0.05, 0.1) is 6.10 Å². The highest BCUT2D eigenvalue weighted by atomic mass is 16.5. The van der Waals surface area contributed by atoms with E-state index in [-0.39, 0.29) is 0 Å². The van der Waals surface area contributed by atoms with Gasteiger partial charge in [-0.15, -0.1) is 0 Å². The zero-order valence-corrected chi connectivity index (χ0v) is 19.6. The van der Waals surface area contributed by atoms with E-state index in [0.717, 1.165) is 35.5 Å². The topological polar surface area (TPSA) is 9.23 Å². The molecule has 0 aromatic heterocycles. The van der Waals surface area contributed by atoms with Gasteiger partial charge in [0.1, 0.15) is 0 Å². The average molecular weight is 387 g/mol. The van der Waals surface area contributed by atoms with E-state index in [1.807, 2.05) is 7.11 Å². The molecule has 4 aliphatic rings. The van der Waals surface area contributed by atoms with Crippen LogP contribution in [-0.4, -0.2) is 13.2 Å². The Bertz CT molecular complexity index is 591. The molecule has 0 bridgehead atoms. The molecular weight excluding hydrogens is 340 g/mol. The number of hydrogen-bond donors (Lipinski definition) is 0. The quantitative estimate of drug-likeness (QED) is 0.441. The zero-order chi connectivity index (χ0) is 20.1. The Labute approximate surface area is 175 Å². The fourth-order valence-corrected chi connectivity index (χ4v) is 8.60. The molecule has 0 aromatic carbocycles. The molecule has 0 amide bonds. The minimum absolute atomic E-state index is 0.473. The van der Waals surface area contributed by atoms with Crippen molar-refractivity contribution in [3.8, 4) is 0 Å². The Morgan fingerprint density at radius 2 is 1.79 bits per heavy atom. The Kier molecular flexibility index (Phi) is 5.80. The van der Waals surface area contributed by atoms with Crippen LogP contribution >= 0.6 is 0 Å². The van der Waals surface area contributed by atoms with Crippen molar-refractivity contribution in [1.29, 1.82) is 0 Å². The summed E-state index contributed by atoms with van der Waals surface area (Å²) in [6, 6.07) is 0. The van der Waals surface area contributed by atoms with Crippen LogP contribution in [-0.2, 0) is 4.74 Å². The Balaban J connectivity index is 1.52. The summed E-state index contributed by atoms with van der Waals surface area (Å²) in [5, 5.41) is 0. The summed E-state index contributed by atoms with van der Waals surface area (Å²) < 4.78 is 5.75. The molecule has 0 radical (unpaired) electrons. The molecule has 1 heteroatoms. The van der Waals surface area contributed by atoms with Gasteiger partial charge in [0.25, 0.3) is 0 Å². The average Bonchev–Trinajstić information content (AvgIpc) is 3.02. The fourth-order valence-electron chi connectivity index (χ4n) is 8.60. The number of rotatable bonds is 5. The van der Waals surface area contributed by atoms with Crippen molar-refractivity contribution < 1.29 is 4.74 Å². The zero-order valence-electron chi connectivity index (χ0n) is 19.6. The summed E-state index contributed by atoms with van der Waals surface area (Å²) in [5.41, 5.74) is 2.85. The van der Waals surface area contributed by atoms with Crippen LogP contribution in [0.25, 0.3) is 0 Å². The second-order valence-corrected chi connectivity index (χ2v) is 12.0. The molecule has 8 unspecified atom stereocenters. The van der Waals surface area contributed by atoms with E-state index in [1.165, 1.54) is 64.2 Å². The van der Waals surface area contributed by atoms with E-state index in [9.17, 15) is 0 Å². The molecule has 0 spiro atoms. The molecule has 3 saturated carbocycles. The van der Waals surface area contributed by atoms with Crippen LogP contribution in [0.15, 0.2) is 11.6 Å². The lowest BCUT2D eigenvalue weighted by Crippen LogP contribution is -2.50. The first kappa shape index (κ1) is 21.0. The van der Waals surface area contributed by atoms with Crippen LogP contribution in [0, 0.1) is 46.3 Å². The lowest BCUT2D eigenvalue weighted by atomic mass is 9.47. The van der Waals surface area contributed by atoms with Gasteiger partial charge in [-0.05, 0) is 97.7 Å². The Morgan fingerprint density at radius 1 is 1.00 bits per heavy atom. The van der Waals surface area contributed by atoms with Gasteiger partial charge < -0.3 is 4.74 Å². The monoisotopic (exact) mass is 386 g/mol. The van der Waals surface area contributed by atoms with E-state index >= 15 is 0 Å². The Morgan fingerprint density at radius 3 is 2.50 bits per heavy atom. The highest BCUT2D eigenvalue weighted by molar-refractivity contribution is 5.25. The molecule has 0 heterocycles. The molecule has 4 rings (SSSR count). The first-order valence-electron chi connectivity index (χ1n) is 12.5. The lowest BCUT2D eigenvalue weighted by Gasteiger charge is -2.58. The molecular formula is C27H46O. The fraction of sp³-hybridized carbons (Fsp3) is 0.926. The van der Waals surface area contributed by atoms with Gasteiger partial charge in [0.2, 0.25) is 0 Å². The highest BCUT2D eigenvalue weighted by Crippen LogP contribution is 2.67. The first-order valence-corrected chi connectivity index (χ1v) is 12.5. The van der Waals surface area contributed by atoms with Gasteiger partial charge in [-0.3, -0.25) is 0 Å². The normalized spacial score (nSPS) is 46.5. The molecule has 0 N–H and O–H groups in total.